The topological polar surface area (TPSA) is 72.8 Å². The minimum Gasteiger partial charge on any atom is -0.462 e. The fourth-order valence-electron chi connectivity index (χ4n) is 7.09. The summed E-state index contributed by atoms with van der Waals surface area (Å²) in [6.45, 7) is 4.00. The smallest absolute Gasteiger partial charge is 0.306 e. The molecule has 5 heteroatoms. The van der Waals surface area contributed by atoms with Gasteiger partial charge in [-0.3, -0.25) is 9.59 Å². The maximum Gasteiger partial charge on any atom is 0.306 e. The van der Waals surface area contributed by atoms with E-state index < -0.39 is 6.10 Å². The lowest BCUT2D eigenvalue weighted by Crippen LogP contribution is -2.28. The third-order valence-electron chi connectivity index (χ3n) is 11.1. The summed E-state index contributed by atoms with van der Waals surface area (Å²) in [6.07, 6.45) is 77.5. The van der Waals surface area contributed by atoms with Gasteiger partial charge in [0, 0.05) is 12.8 Å². The molecular formula is C59H98O5. The molecule has 0 saturated heterocycles. The van der Waals surface area contributed by atoms with Gasteiger partial charge in [0.2, 0.25) is 0 Å². The summed E-state index contributed by atoms with van der Waals surface area (Å²) in [6, 6.07) is 0. The quantitative estimate of drug-likeness (QED) is 0.0374. The van der Waals surface area contributed by atoms with Crippen LogP contribution in [0.15, 0.2) is 109 Å². The maximum absolute atomic E-state index is 12.3. The minimum absolute atomic E-state index is 0.0810. The molecule has 0 radical (unpaired) electrons. The molecular weight excluding hydrogens is 789 g/mol. The number of carbonyl (C=O) groups excluding carboxylic acids is 2. The molecule has 0 saturated carbocycles. The second kappa shape index (κ2) is 53.9. The van der Waals surface area contributed by atoms with Crippen molar-refractivity contribution in [2.75, 3.05) is 13.2 Å². The van der Waals surface area contributed by atoms with E-state index in [1.165, 1.54) is 96.3 Å². The SMILES string of the molecule is CC/C=C\C/C=C\C/C=C\C/C=C\C/C=C\C/C=C\C/C=C\CCCCCCCC(=O)OC(CO)COC(=O)CCCCCCCCCCCCC/C=C\C/C=C\CCCCCCC. The van der Waals surface area contributed by atoms with Gasteiger partial charge in [0.15, 0.2) is 6.10 Å². The van der Waals surface area contributed by atoms with E-state index >= 15 is 0 Å². The number of allylic oxidation sites excluding steroid dienone is 18. The molecule has 64 heavy (non-hydrogen) atoms. The predicted molar refractivity (Wildman–Crippen MR) is 279 cm³/mol. The number of esters is 2. The molecule has 0 aliphatic heterocycles. The first-order chi connectivity index (χ1) is 31.6. The number of hydrogen-bond donors (Lipinski definition) is 1. The van der Waals surface area contributed by atoms with Crippen LogP contribution in [0.2, 0.25) is 0 Å². The Morgan fingerprint density at radius 3 is 1.02 bits per heavy atom. The first kappa shape index (κ1) is 60.6. The summed E-state index contributed by atoms with van der Waals surface area (Å²) >= 11 is 0. The molecule has 0 rings (SSSR count). The Labute approximate surface area is 395 Å². The molecule has 0 bridgehead atoms. The standard InChI is InChI=1S/C59H98O5/c1-3-5-7-9-11-13-15-17-19-21-23-25-27-28-29-30-32-34-36-38-40-42-44-46-48-50-52-54-59(62)64-57(55-60)56-63-58(61)53-51-49-47-45-43-41-39-37-35-33-31-26-24-22-20-18-16-14-12-10-8-6-4-2/h5,7,11,13,16-19,22-25,28-29,32,34,38,40,57,60H,3-4,6,8-10,12,14-15,20-21,26-27,30-31,33,35-37,39,41-56H2,1-2H3/b7-5-,13-11-,18-16-,19-17-,24-22-,25-23-,29-28-,34-32-,40-38-. The summed E-state index contributed by atoms with van der Waals surface area (Å²) in [5.41, 5.74) is 0. The molecule has 5 nitrogen and oxygen atoms in total. The van der Waals surface area contributed by atoms with E-state index in [9.17, 15) is 14.7 Å². The molecule has 0 aromatic rings. The van der Waals surface area contributed by atoms with Crippen LogP contribution < -0.4 is 0 Å². The highest BCUT2D eigenvalue weighted by molar-refractivity contribution is 5.70. The van der Waals surface area contributed by atoms with Crippen molar-refractivity contribution in [1.82, 2.24) is 0 Å². The van der Waals surface area contributed by atoms with Crippen LogP contribution in [0.1, 0.15) is 232 Å². The predicted octanol–water partition coefficient (Wildman–Crippen LogP) is 17.7. The van der Waals surface area contributed by atoms with Gasteiger partial charge in [0.25, 0.3) is 0 Å². The second-order valence-corrected chi connectivity index (χ2v) is 17.2. The van der Waals surface area contributed by atoms with Crippen molar-refractivity contribution in [3.05, 3.63) is 109 Å². The average molecular weight is 887 g/mol. The van der Waals surface area contributed by atoms with Gasteiger partial charge in [-0.25, -0.2) is 0 Å². The number of aliphatic hydroxyl groups is 1. The van der Waals surface area contributed by atoms with E-state index in [-0.39, 0.29) is 25.2 Å². The van der Waals surface area contributed by atoms with Gasteiger partial charge in [-0.05, 0) is 103 Å². The Kier molecular flexibility index (Phi) is 51.0. The van der Waals surface area contributed by atoms with Crippen LogP contribution >= 0.6 is 0 Å². The van der Waals surface area contributed by atoms with Gasteiger partial charge < -0.3 is 14.6 Å². The normalized spacial score (nSPS) is 13.1. The first-order valence-electron chi connectivity index (χ1n) is 26.4. The van der Waals surface area contributed by atoms with Gasteiger partial charge in [-0.2, -0.15) is 0 Å². The second-order valence-electron chi connectivity index (χ2n) is 17.2. The van der Waals surface area contributed by atoms with E-state index in [1.54, 1.807) is 0 Å². The average Bonchev–Trinajstić information content (AvgIpc) is 3.30. The first-order valence-corrected chi connectivity index (χ1v) is 26.4. The molecule has 0 amide bonds. The van der Waals surface area contributed by atoms with Crippen molar-refractivity contribution in [1.29, 1.82) is 0 Å². The van der Waals surface area contributed by atoms with Crippen molar-refractivity contribution < 1.29 is 24.2 Å². The lowest BCUT2D eigenvalue weighted by molar-refractivity contribution is -0.161. The zero-order valence-corrected chi connectivity index (χ0v) is 41.5. The third-order valence-corrected chi connectivity index (χ3v) is 11.1. The Morgan fingerprint density at radius 1 is 0.375 bits per heavy atom. The van der Waals surface area contributed by atoms with Crippen LogP contribution in [0, 0.1) is 0 Å². The van der Waals surface area contributed by atoms with Crippen molar-refractivity contribution in [2.45, 2.75) is 238 Å². The van der Waals surface area contributed by atoms with E-state index in [4.69, 9.17) is 9.47 Å². The van der Waals surface area contributed by atoms with Crippen LogP contribution in [0.5, 0.6) is 0 Å². The molecule has 1 unspecified atom stereocenters. The molecule has 364 valence electrons. The molecule has 0 aliphatic carbocycles. The van der Waals surface area contributed by atoms with Crippen LogP contribution in [-0.4, -0.2) is 36.4 Å². The highest BCUT2D eigenvalue weighted by Gasteiger charge is 2.16. The van der Waals surface area contributed by atoms with Gasteiger partial charge >= 0.3 is 11.9 Å². The van der Waals surface area contributed by atoms with Crippen LogP contribution in [-0.2, 0) is 19.1 Å². The van der Waals surface area contributed by atoms with E-state index in [0.29, 0.717) is 12.8 Å². The monoisotopic (exact) mass is 887 g/mol. The molecule has 0 fully saturated rings. The Hall–Kier alpha value is -3.44. The van der Waals surface area contributed by atoms with E-state index in [0.717, 1.165) is 109 Å². The van der Waals surface area contributed by atoms with Crippen molar-refractivity contribution in [3.63, 3.8) is 0 Å². The minimum atomic E-state index is -0.792. The summed E-state index contributed by atoms with van der Waals surface area (Å²) in [5, 5.41) is 9.64. The number of carbonyl (C=O) groups is 2. The fourth-order valence-corrected chi connectivity index (χ4v) is 7.09. The van der Waals surface area contributed by atoms with Gasteiger partial charge in [-0.15, -0.1) is 0 Å². The number of hydrogen-bond acceptors (Lipinski definition) is 5. The number of ether oxygens (including phenoxy) is 2. The Bertz CT molecular complexity index is 1280. The Balaban J connectivity index is 3.60. The van der Waals surface area contributed by atoms with Gasteiger partial charge in [0.05, 0.1) is 6.61 Å². The van der Waals surface area contributed by atoms with Gasteiger partial charge in [0.1, 0.15) is 6.61 Å². The summed E-state index contributed by atoms with van der Waals surface area (Å²) in [7, 11) is 0. The molecule has 1 atom stereocenters. The number of aliphatic hydroxyl groups excluding tert-OH is 1. The van der Waals surface area contributed by atoms with E-state index in [2.05, 4.69) is 123 Å². The molecule has 0 heterocycles. The Morgan fingerprint density at radius 2 is 0.672 bits per heavy atom. The van der Waals surface area contributed by atoms with Gasteiger partial charge in [-0.1, -0.05) is 226 Å². The van der Waals surface area contributed by atoms with E-state index in [1.807, 2.05) is 0 Å². The lowest BCUT2D eigenvalue weighted by Gasteiger charge is -2.15. The summed E-state index contributed by atoms with van der Waals surface area (Å²) < 4.78 is 10.7. The molecule has 0 aliphatic rings. The van der Waals surface area contributed by atoms with Crippen molar-refractivity contribution in [3.8, 4) is 0 Å². The number of unbranched alkanes of at least 4 members (excludes halogenated alkanes) is 21. The zero-order chi connectivity index (χ0) is 46.3. The summed E-state index contributed by atoms with van der Waals surface area (Å²) in [4.78, 5) is 24.5. The van der Waals surface area contributed by atoms with Crippen molar-refractivity contribution >= 4 is 11.9 Å². The fraction of sp³-hybridized carbons (Fsp3) is 0.661. The van der Waals surface area contributed by atoms with Crippen molar-refractivity contribution in [2.24, 2.45) is 0 Å². The highest BCUT2D eigenvalue weighted by atomic mass is 16.6. The lowest BCUT2D eigenvalue weighted by atomic mass is 10.0. The molecule has 0 aromatic heterocycles. The van der Waals surface area contributed by atoms with Crippen LogP contribution in [0.25, 0.3) is 0 Å². The van der Waals surface area contributed by atoms with Crippen LogP contribution in [0.3, 0.4) is 0 Å². The number of rotatable bonds is 47. The largest absolute Gasteiger partial charge is 0.462 e. The van der Waals surface area contributed by atoms with Crippen LogP contribution in [0.4, 0.5) is 0 Å². The third kappa shape index (κ3) is 51.2. The highest BCUT2D eigenvalue weighted by Crippen LogP contribution is 2.14. The molecule has 0 spiro atoms. The maximum atomic E-state index is 12.3. The molecule has 1 N–H and O–H groups in total. The molecule has 0 aromatic carbocycles. The summed E-state index contributed by atoms with van der Waals surface area (Å²) in [5.74, 6) is -0.619. The zero-order valence-electron chi connectivity index (χ0n) is 41.5.